The molecule has 0 fully saturated rings. The van der Waals surface area contributed by atoms with E-state index < -0.39 is 5.92 Å². The van der Waals surface area contributed by atoms with Gasteiger partial charge in [0.05, 0.1) is 22.4 Å². The summed E-state index contributed by atoms with van der Waals surface area (Å²) < 4.78 is 37.0. The van der Waals surface area contributed by atoms with Gasteiger partial charge in [-0.25, -0.2) is 4.98 Å². The molecule has 6 heteroatoms. The first kappa shape index (κ1) is 32.6. The van der Waals surface area contributed by atoms with Gasteiger partial charge in [-0.1, -0.05) is 78.4 Å². The molecule has 1 aliphatic heterocycles. The monoisotopic (exact) mass is 696 g/mol. The molecule has 0 saturated heterocycles. The van der Waals surface area contributed by atoms with Gasteiger partial charge in [0.15, 0.2) is 0 Å². The normalized spacial score (nSPS) is 12.9. The maximum atomic E-state index is 17.5. The molecule has 0 amide bonds. The molecule has 0 N–H and O–H groups in total. The van der Waals surface area contributed by atoms with Crippen molar-refractivity contribution in [1.29, 1.82) is 0 Å². The summed E-state index contributed by atoms with van der Waals surface area (Å²) in [6, 6.07) is 45.1. The molecular weight excluding hydrogens is 659 g/mol. The highest BCUT2D eigenvalue weighted by Gasteiger charge is 2.37. The average molecular weight is 697 g/mol. The van der Waals surface area contributed by atoms with Crippen LogP contribution in [-0.4, -0.2) is 16.2 Å². The summed E-state index contributed by atoms with van der Waals surface area (Å²) in [6.45, 7) is 8.70. The summed E-state index contributed by atoms with van der Waals surface area (Å²) in [4.78, 5) is 9.05. The van der Waals surface area contributed by atoms with E-state index in [1.165, 1.54) is 0 Å². The lowest BCUT2D eigenvalue weighted by molar-refractivity contribution is 0.0430. The van der Waals surface area contributed by atoms with Crippen molar-refractivity contribution in [2.45, 2.75) is 33.6 Å². The molecule has 0 radical (unpaired) electrons. The van der Waals surface area contributed by atoms with E-state index in [9.17, 15) is 0 Å². The largest absolute Gasteiger partial charge is 0.321 e. The zero-order valence-electron chi connectivity index (χ0n) is 30.1. The second-order valence-electron chi connectivity index (χ2n) is 14.2. The molecule has 6 aromatic carbocycles. The van der Waals surface area contributed by atoms with E-state index in [4.69, 9.17) is 0 Å². The van der Waals surface area contributed by atoms with Crippen LogP contribution < -0.4 is 9.80 Å². The maximum absolute atomic E-state index is 17.5. The summed E-state index contributed by atoms with van der Waals surface area (Å²) in [5.41, 5.74) is 11.3. The SMILES string of the molecule is Cc1ccnc(-n2c3ccccc3c3ccc(C(F)(F)c4cc(-c5c(C)cc(C)cc5C)cc(N5CN(c6ccccc6)c6ccccc65)c4)cc32)c1. The van der Waals surface area contributed by atoms with E-state index in [2.05, 4.69) is 78.0 Å². The van der Waals surface area contributed by atoms with Crippen LogP contribution in [0.15, 0.2) is 146 Å². The maximum Gasteiger partial charge on any atom is 0.298 e. The predicted molar refractivity (Wildman–Crippen MR) is 214 cm³/mol. The third kappa shape index (κ3) is 5.45. The van der Waals surface area contributed by atoms with E-state index >= 15 is 8.78 Å². The van der Waals surface area contributed by atoms with Gasteiger partial charge in [0.1, 0.15) is 12.5 Å². The Labute approximate surface area is 308 Å². The minimum Gasteiger partial charge on any atom is -0.321 e. The molecule has 8 aromatic rings. The Morgan fingerprint density at radius 3 is 1.94 bits per heavy atom. The van der Waals surface area contributed by atoms with Gasteiger partial charge >= 0.3 is 0 Å². The Bertz CT molecular complexity index is 2670. The lowest BCUT2D eigenvalue weighted by Gasteiger charge is -2.26. The third-order valence-electron chi connectivity index (χ3n) is 10.5. The summed E-state index contributed by atoms with van der Waals surface area (Å²) in [6.07, 6.45) is 1.77. The van der Waals surface area contributed by atoms with Crippen LogP contribution in [0.2, 0.25) is 0 Å². The van der Waals surface area contributed by atoms with Gasteiger partial charge in [-0.2, -0.15) is 8.78 Å². The molecular formula is C47H38F2N4. The van der Waals surface area contributed by atoms with E-state index in [0.29, 0.717) is 23.7 Å². The number of hydrogen-bond acceptors (Lipinski definition) is 3. The third-order valence-corrected chi connectivity index (χ3v) is 10.5. The van der Waals surface area contributed by atoms with Gasteiger partial charge < -0.3 is 9.80 Å². The first-order chi connectivity index (χ1) is 25.7. The van der Waals surface area contributed by atoms with Crippen molar-refractivity contribution in [1.82, 2.24) is 9.55 Å². The fourth-order valence-electron chi connectivity index (χ4n) is 8.21. The topological polar surface area (TPSA) is 24.3 Å². The smallest absolute Gasteiger partial charge is 0.298 e. The molecule has 0 aliphatic carbocycles. The van der Waals surface area contributed by atoms with Crippen molar-refractivity contribution < 1.29 is 8.78 Å². The van der Waals surface area contributed by atoms with Crippen molar-refractivity contribution in [2.75, 3.05) is 16.5 Å². The highest BCUT2D eigenvalue weighted by molar-refractivity contribution is 6.09. The second kappa shape index (κ2) is 12.4. The van der Waals surface area contributed by atoms with Gasteiger partial charge in [0.25, 0.3) is 5.92 Å². The number of benzene rings is 6. The van der Waals surface area contributed by atoms with Crippen molar-refractivity contribution in [2.24, 2.45) is 0 Å². The van der Waals surface area contributed by atoms with E-state index in [0.717, 1.165) is 66.7 Å². The van der Waals surface area contributed by atoms with Crippen LogP contribution in [0.4, 0.5) is 31.5 Å². The minimum absolute atomic E-state index is 0.0595. The number of aryl methyl sites for hydroxylation is 4. The number of fused-ring (bicyclic) bond motifs is 4. The fraction of sp³-hybridized carbons (Fsp3) is 0.128. The van der Waals surface area contributed by atoms with Crippen molar-refractivity contribution in [3.05, 3.63) is 179 Å². The summed E-state index contributed by atoms with van der Waals surface area (Å²) in [5.74, 6) is -2.63. The predicted octanol–water partition coefficient (Wildman–Crippen LogP) is 12.5. The first-order valence-corrected chi connectivity index (χ1v) is 17.9. The molecule has 0 bridgehead atoms. The van der Waals surface area contributed by atoms with Crippen LogP contribution in [0.25, 0.3) is 38.8 Å². The molecule has 0 saturated carbocycles. The minimum atomic E-state index is -3.33. The molecule has 3 heterocycles. The Morgan fingerprint density at radius 1 is 0.547 bits per heavy atom. The van der Waals surface area contributed by atoms with E-state index in [-0.39, 0.29) is 11.1 Å². The van der Waals surface area contributed by atoms with E-state index in [1.807, 2.05) is 84.3 Å². The lowest BCUT2D eigenvalue weighted by Crippen LogP contribution is -2.24. The van der Waals surface area contributed by atoms with Crippen molar-refractivity contribution in [3.8, 4) is 16.9 Å². The van der Waals surface area contributed by atoms with Gasteiger partial charge in [-0.05, 0) is 122 Å². The number of aromatic nitrogens is 2. The molecule has 2 aromatic heterocycles. The Hall–Kier alpha value is -6.27. The first-order valence-electron chi connectivity index (χ1n) is 17.9. The number of halogens is 2. The molecule has 53 heavy (non-hydrogen) atoms. The second-order valence-corrected chi connectivity index (χ2v) is 14.2. The Kier molecular flexibility index (Phi) is 7.66. The van der Waals surface area contributed by atoms with Crippen molar-refractivity contribution in [3.63, 3.8) is 0 Å². The van der Waals surface area contributed by atoms with Gasteiger partial charge in [0.2, 0.25) is 0 Å². The number of nitrogens with zero attached hydrogens (tertiary/aromatic N) is 4. The summed E-state index contributed by atoms with van der Waals surface area (Å²) in [5, 5.41) is 1.89. The molecule has 0 atom stereocenters. The van der Waals surface area contributed by atoms with Crippen molar-refractivity contribution >= 4 is 44.6 Å². The number of anilines is 4. The van der Waals surface area contributed by atoms with Gasteiger partial charge in [0, 0.05) is 39.5 Å². The molecule has 1 aliphatic rings. The molecule has 260 valence electrons. The van der Waals surface area contributed by atoms with Crippen LogP contribution >= 0.6 is 0 Å². The Morgan fingerprint density at radius 2 is 1.21 bits per heavy atom. The number of alkyl halides is 2. The quantitative estimate of drug-likeness (QED) is 0.173. The van der Waals surface area contributed by atoms with Crippen LogP contribution in [-0.2, 0) is 5.92 Å². The van der Waals surface area contributed by atoms with Gasteiger partial charge in [-0.15, -0.1) is 0 Å². The Balaban J connectivity index is 1.24. The number of para-hydroxylation sites is 4. The zero-order chi connectivity index (χ0) is 36.4. The highest BCUT2D eigenvalue weighted by atomic mass is 19.3. The standard InChI is InChI=1S/C47H38F2N4/c1-30-20-21-50-45(24-30)53-41-15-9-8-14-39(41)40-19-18-35(28-44(40)53)47(48,49)36-25-34(46-32(3)22-31(2)23-33(46)4)26-38(27-36)52-29-51(37-12-6-5-7-13-37)42-16-10-11-17-43(42)52/h5-28H,29H2,1-4H3. The zero-order valence-corrected chi connectivity index (χ0v) is 30.1. The molecule has 9 rings (SSSR count). The van der Waals surface area contributed by atoms with Crippen LogP contribution in [0.1, 0.15) is 33.4 Å². The van der Waals surface area contributed by atoms with Crippen LogP contribution in [0.5, 0.6) is 0 Å². The number of rotatable bonds is 6. The van der Waals surface area contributed by atoms with Crippen LogP contribution in [0.3, 0.4) is 0 Å². The van der Waals surface area contributed by atoms with Crippen LogP contribution in [0, 0.1) is 27.7 Å². The summed E-state index contributed by atoms with van der Waals surface area (Å²) >= 11 is 0. The number of pyridine rings is 1. The molecule has 4 nitrogen and oxygen atoms in total. The number of hydrogen-bond donors (Lipinski definition) is 0. The fourth-order valence-corrected chi connectivity index (χ4v) is 8.21. The van der Waals surface area contributed by atoms with E-state index in [1.54, 1.807) is 30.5 Å². The lowest BCUT2D eigenvalue weighted by atomic mass is 9.90. The molecule has 0 unspecified atom stereocenters. The molecule has 0 spiro atoms. The highest BCUT2D eigenvalue weighted by Crippen LogP contribution is 2.48. The summed E-state index contributed by atoms with van der Waals surface area (Å²) in [7, 11) is 0. The average Bonchev–Trinajstić information content (AvgIpc) is 3.71. The van der Waals surface area contributed by atoms with Gasteiger partial charge in [-0.3, -0.25) is 4.57 Å².